The molecule has 0 bridgehead atoms. The van der Waals surface area contributed by atoms with E-state index in [0.29, 0.717) is 13.1 Å². The fourth-order valence-corrected chi connectivity index (χ4v) is 1.73. The van der Waals surface area contributed by atoms with E-state index in [0.717, 1.165) is 19.4 Å². The van der Waals surface area contributed by atoms with E-state index in [1.54, 1.807) is 12.7 Å². The molecule has 5 heteroatoms. The Morgan fingerprint density at radius 2 is 2.23 bits per heavy atom. The van der Waals surface area contributed by atoms with Gasteiger partial charge in [0.15, 0.2) is 0 Å². The summed E-state index contributed by atoms with van der Waals surface area (Å²) < 4.78 is 1.81. The molecule has 1 aliphatic heterocycles. The summed E-state index contributed by atoms with van der Waals surface area (Å²) in [5.74, 6) is 0. The number of nitrogens with one attached hydrogen (secondary N) is 1. The van der Waals surface area contributed by atoms with Crippen molar-refractivity contribution >= 4 is 0 Å². The van der Waals surface area contributed by atoms with E-state index in [1.165, 1.54) is 0 Å². The summed E-state index contributed by atoms with van der Waals surface area (Å²) in [7, 11) is 0. The second kappa shape index (κ2) is 3.43. The first-order valence-corrected chi connectivity index (χ1v) is 4.54. The van der Waals surface area contributed by atoms with E-state index < -0.39 is 5.60 Å². The van der Waals surface area contributed by atoms with Crippen LogP contribution in [0.3, 0.4) is 0 Å². The fourth-order valence-electron chi connectivity index (χ4n) is 1.73. The molecule has 1 aliphatic rings. The van der Waals surface area contributed by atoms with Gasteiger partial charge < -0.3 is 15.0 Å². The maximum absolute atomic E-state index is 10.1. The average molecular weight is 182 g/mol. The average Bonchev–Trinajstić information content (AvgIpc) is 2.57. The smallest absolute Gasteiger partial charge is 0.119 e. The predicted molar refractivity (Wildman–Crippen MR) is 47.1 cm³/mol. The van der Waals surface area contributed by atoms with Gasteiger partial charge in [0.25, 0.3) is 0 Å². The molecular weight excluding hydrogens is 168 g/mol. The van der Waals surface area contributed by atoms with Gasteiger partial charge in [-0.3, -0.25) is 0 Å². The van der Waals surface area contributed by atoms with Crippen LogP contribution in [0.25, 0.3) is 0 Å². The Morgan fingerprint density at radius 1 is 1.46 bits per heavy atom. The highest BCUT2D eigenvalue weighted by atomic mass is 16.3. The van der Waals surface area contributed by atoms with Crippen molar-refractivity contribution in [1.29, 1.82) is 0 Å². The monoisotopic (exact) mass is 182 g/mol. The summed E-state index contributed by atoms with van der Waals surface area (Å²) in [5.41, 5.74) is -0.624. The van der Waals surface area contributed by atoms with E-state index >= 15 is 0 Å². The summed E-state index contributed by atoms with van der Waals surface area (Å²) in [6.45, 7) is 2.24. The molecule has 1 saturated heterocycles. The van der Waals surface area contributed by atoms with Crippen LogP contribution in [0.2, 0.25) is 0 Å². The Labute approximate surface area is 76.8 Å². The topological polar surface area (TPSA) is 63.0 Å². The van der Waals surface area contributed by atoms with Gasteiger partial charge in [-0.25, -0.2) is 0 Å². The summed E-state index contributed by atoms with van der Waals surface area (Å²) in [6, 6.07) is 0. The maximum Gasteiger partial charge on any atom is 0.119 e. The summed E-state index contributed by atoms with van der Waals surface area (Å²) in [5, 5.41) is 20.7. The highest BCUT2D eigenvalue weighted by molar-refractivity contribution is 4.86. The summed E-state index contributed by atoms with van der Waals surface area (Å²) in [6.07, 6.45) is 5.13. The highest BCUT2D eigenvalue weighted by Gasteiger charge is 2.29. The lowest BCUT2D eigenvalue weighted by Gasteiger charge is -2.32. The Balaban J connectivity index is 1.99. The molecule has 5 nitrogen and oxygen atoms in total. The van der Waals surface area contributed by atoms with Gasteiger partial charge in [0.05, 0.1) is 12.1 Å². The SMILES string of the molecule is OC1(Cn2cnnc2)CCCNC1. The zero-order valence-electron chi connectivity index (χ0n) is 7.48. The van der Waals surface area contributed by atoms with Gasteiger partial charge in [-0.1, -0.05) is 0 Å². The van der Waals surface area contributed by atoms with Gasteiger partial charge in [0.1, 0.15) is 12.7 Å². The molecule has 72 valence electrons. The van der Waals surface area contributed by atoms with Crippen LogP contribution in [-0.4, -0.2) is 38.6 Å². The van der Waals surface area contributed by atoms with E-state index in [4.69, 9.17) is 0 Å². The highest BCUT2D eigenvalue weighted by Crippen LogP contribution is 2.17. The van der Waals surface area contributed by atoms with Gasteiger partial charge >= 0.3 is 0 Å². The molecule has 1 atom stereocenters. The van der Waals surface area contributed by atoms with Crippen molar-refractivity contribution in [2.75, 3.05) is 13.1 Å². The van der Waals surface area contributed by atoms with Crippen molar-refractivity contribution < 1.29 is 5.11 Å². The first-order chi connectivity index (χ1) is 6.29. The Bertz CT molecular complexity index is 253. The number of β-amino-alcohol motifs (C(OH)–C–C–N with tert-alkyl or cyclic N) is 1. The molecule has 2 N–H and O–H groups in total. The zero-order valence-corrected chi connectivity index (χ0v) is 7.48. The second-order valence-electron chi connectivity index (χ2n) is 3.64. The number of hydrogen-bond acceptors (Lipinski definition) is 4. The van der Waals surface area contributed by atoms with Crippen LogP contribution in [0.4, 0.5) is 0 Å². The van der Waals surface area contributed by atoms with Crippen molar-refractivity contribution in [3.8, 4) is 0 Å². The van der Waals surface area contributed by atoms with Gasteiger partial charge in [-0.2, -0.15) is 0 Å². The fraction of sp³-hybridized carbons (Fsp3) is 0.750. The molecule has 2 heterocycles. The molecule has 2 rings (SSSR count). The second-order valence-corrected chi connectivity index (χ2v) is 3.64. The van der Waals surface area contributed by atoms with Crippen LogP contribution in [0.5, 0.6) is 0 Å². The van der Waals surface area contributed by atoms with E-state index in [-0.39, 0.29) is 0 Å². The zero-order chi connectivity index (χ0) is 9.15. The molecule has 0 spiro atoms. The molecule has 0 amide bonds. The van der Waals surface area contributed by atoms with Crippen molar-refractivity contribution in [3.63, 3.8) is 0 Å². The molecule has 0 aromatic carbocycles. The number of rotatable bonds is 2. The summed E-state index contributed by atoms with van der Waals surface area (Å²) in [4.78, 5) is 0. The van der Waals surface area contributed by atoms with Crippen LogP contribution in [0, 0.1) is 0 Å². The number of aromatic nitrogens is 3. The van der Waals surface area contributed by atoms with Gasteiger partial charge in [0, 0.05) is 6.54 Å². The van der Waals surface area contributed by atoms with Crippen LogP contribution in [-0.2, 0) is 6.54 Å². The van der Waals surface area contributed by atoms with Crippen molar-refractivity contribution in [2.24, 2.45) is 0 Å². The summed E-state index contributed by atoms with van der Waals surface area (Å²) >= 11 is 0. The molecule has 0 saturated carbocycles. The third-order valence-electron chi connectivity index (χ3n) is 2.39. The van der Waals surface area contributed by atoms with E-state index in [2.05, 4.69) is 15.5 Å². The molecule has 1 aromatic rings. The van der Waals surface area contributed by atoms with Crippen molar-refractivity contribution in [3.05, 3.63) is 12.7 Å². The van der Waals surface area contributed by atoms with E-state index in [9.17, 15) is 5.11 Å². The normalized spacial score (nSPS) is 29.0. The van der Waals surface area contributed by atoms with Crippen LogP contribution >= 0.6 is 0 Å². The Hall–Kier alpha value is -0.940. The lowest BCUT2D eigenvalue weighted by molar-refractivity contribution is 0.000587. The van der Waals surface area contributed by atoms with Crippen molar-refractivity contribution in [2.45, 2.75) is 25.0 Å². The molecule has 1 fully saturated rings. The number of nitrogens with zero attached hydrogens (tertiary/aromatic N) is 3. The Kier molecular flexibility index (Phi) is 2.28. The van der Waals surface area contributed by atoms with Gasteiger partial charge in [-0.05, 0) is 19.4 Å². The quantitative estimate of drug-likeness (QED) is 0.640. The minimum atomic E-state index is -0.624. The van der Waals surface area contributed by atoms with Gasteiger partial charge in [-0.15, -0.1) is 10.2 Å². The number of piperidine rings is 1. The molecule has 0 radical (unpaired) electrons. The van der Waals surface area contributed by atoms with Crippen LogP contribution < -0.4 is 5.32 Å². The van der Waals surface area contributed by atoms with E-state index in [1.807, 2.05) is 4.57 Å². The number of aliphatic hydroxyl groups is 1. The minimum absolute atomic E-state index is 0.576. The number of hydrogen-bond donors (Lipinski definition) is 2. The van der Waals surface area contributed by atoms with Gasteiger partial charge in [0.2, 0.25) is 0 Å². The predicted octanol–water partition coefficient (Wildman–Crippen LogP) is -0.607. The Morgan fingerprint density at radius 3 is 2.85 bits per heavy atom. The lowest BCUT2D eigenvalue weighted by Crippen LogP contribution is -2.48. The molecule has 13 heavy (non-hydrogen) atoms. The third-order valence-corrected chi connectivity index (χ3v) is 2.39. The molecule has 1 aromatic heterocycles. The van der Waals surface area contributed by atoms with Crippen LogP contribution in [0.1, 0.15) is 12.8 Å². The molecular formula is C8H14N4O. The molecule has 1 unspecified atom stereocenters. The first kappa shape index (κ1) is 8.65. The third kappa shape index (κ3) is 2.05. The largest absolute Gasteiger partial charge is 0.387 e. The van der Waals surface area contributed by atoms with Crippen molar-refractivity contribution in [1.82, 2.24) is 20.1 Å². The lowest BCUT2D eigenvalue weighted by atomic mass is 9.94. The maximum atomic E-state index is 10.1. The minimum Gasteiger partial charge on any atom is -0.387 e. The first-order valence-electron chi connectivity index (χ1n) is 4.54. The standard InChI is InChI=1S/C8H14N4O/c13-8(2-1-3-9-4-8)5-12-6-10-11-7-12/h6-7,9,13H,1-5H2. The molecule has 0 aliphatic carbocycles. The van der Waals surface area contributed by atoms with Crippen LogP contribution in [0.15, 0.2) is 12.7 Å².